The molecule has 0 aliphatic carbocycles. The van der Waals surface area contributed by atoms with Gasteiger partial charge in [0, 0.05) is 36.0 Å². The maximum Gasteiger partial charge on any atom is 0.258 e. The highest BCUT2D eigenvalue weighted by Crippen LogP contribution is 2.31. The highest BCUT2D eigenvalue weighted by atomic mass is 32.2. The van der Waals surface area contributed by atoms with Crippen molar-refractivity contribution in [1.82, 2.24) is 15.3 Å². The summed E-state index contributed by atoms with van der Waals surface area (Å²) in [6, 6.07) is 9.17. The van der Waals surface area contributed by atoms with E-state index < -0.39 is 21.8 Å². The average molecular weight is 445 g/mol. The van der Waals surface area contributed by atoms with Gasteiger partial charge in [0.2, 0.25) is 11.8 Å². The fraction of sp³-hybridized carbons (Fsp3) is 0.409. The Kier molecular flexibility index (Phi) is 6.94. The van der Waals surface area contributed by atoms with Crippen molar-refractivity contribution in [2.24, 2.45) is 0 Å². The monoisotopic (exact) mass is 444 g/mol. The normalized spacial score (nSPS) is 20.1. The Labute approximate surface area is 183 Å². The SMILES string of the molecule is CC(/C=C/S(C)(=O)=O)NC(=O)c1cnc(N2[C@H](C)CC[C@@H]2C)nc1Oc1ccccc1. The molecule has 2 aromatic rings. The number of rotatable bonds is 7. The molecular weight excluding hydrogens is 416 g/mol. The van der Waals surface area contributed by atoms with Gasteiger partial charge in [0.25, 0.3) is 5.91 Å². The summed E-state index contributed by atoms with van der Waals surface area (Å²) in [5, 5.41) is 3.80. The molecular formula is C22H28N4O4S. The van der Waals surface area contributed by atoms with E-state index in [9.17, 15) is 13.2 Å². The fourth-order valence-corrected chi connectivity index (χ4v) is 4.02. The number of carbonyl (C=O) groups excluding carboxylic acids is 1. The molecule has 31 heavy (non-hydrogen) atoms. The van der Waals surface area contributed by atoms with Crippen LogP contribution in [0, 0.1) is 0 Å². The van der Waals surface area contributed by atoms with Crippen LogP contribution in [-0.4, -0.2) is 48.7 Å². The van der Waals surface area contributed by atoms with Crippen LogP contribution in [0.5, 0.6) is 11.6 Å². The van der Waals surface area contributed by atoms with Gasteiger partial charge < -0.3 is 15.0 Å². The van der Waals surface area contributed by atoms with Gasteiger partial charge in [-0.05, 0) is 45.7 Å². The van der Waals surface area contributed by atoms with Crippen molar-refractivity contribution in [3.63, 3.8) is 0 Å². The smallest absolute Gasteiger partial charge is 0.258 e. The molecule has 1 aliphatic heterocycles. The van der Waals surface area contributed by atoms with Crippen molar-refractivity contribution >= 4 is 21.7 Å². The van der Waals surface area contributed by atoms with E-state index in [4.69, 9.17) is 4.74 Å². The molecule has 0 saturated carbocycles. The van der Waals surface area contributed by atoms with E-state index in [-0.39, 0.29) is 11.4 Å². The Morgan fingerprint density at radius 1 is 1.23 bits per heavy atom. The van der Waals surface area contributed by atoms with Gasteiger partial charge in [0.15, 0.2) is 9.84 Å². The lowest BCUT2D eigenvalue weighted by molar-refractivity contribution is 0.0943. The van der Waals surface area contributed by atoms with E-state index in [0.29, 0.717) is 23.8 Å². The summed E-state index contributed by atoms with van der Waals surface area (Å²) in [7, 11) is -3.28. The van der Waals surface area contributed by atoms with Gasteiger partial charge in [-0.15, -0.1) is 0 Å². The molecule has 1 aromatic carbocycles. The molecule has 1 saturated heterocycles. The van der Waals surface area contributed by atoms with Gasteiger partial charge in [0.05, 0.1) is 0 Å². The molecule has 2 heterocycles. The highest BCUT2D eigenvalue weighted by molar-refractivity contribution is 7.93. The first-order valence-corrected chi connectivity index (χ1v) is 12.2. The van der Waals surface area contributed by atoms with Crippen LogP contribution in [-0.2, 0) is 9.84 Å². The van der Waals surface area contributed by atoms with Crippen LogP contribution in [0.15, 0.2) is 48.0 Å². The average Bonchev–Trinajstić information content (AvgIpc) is 3.05. The molecule has 1 aromatic heterocycles. The molecule has 1 amide bonds. The number of benzene rings is 1. The maximum atomic E-state index is 12.9. The third-order valence-electron chi connectivity index (χ3n) is 5.10. The topological polar surface area (TPSA) is 101 Å². The molecule has 0 radical (unpaired) electrons. The number of hydrogen-bond donors (Lipinski definition) is 1. The second-order valence-corrected chi connectivity index (χ2v) is 9.84. The number of sulfone groups is 1. The number of nitrogens with one attached hydrogen (secondary N) is 1. The largest absolute Gasteiger partial charge is 0.438 e. The molecule has 3 atom stereocenters. The van der Waals surface area contributed by atoms with Gasteiger partial charge >= 0.3 is 0 Å². The first-order valence-electron chi connectivity index (χ1n) is 10.2. The number of aromatic nitrogens is 2. The molecule has 0 spiro atoms. The number of nitrogens with zero attached hydrogens (tertiary/aromatic N) is 3. The lowest BCUT2D eigenvalue weighted by Gasteiger charge is -2.26. The van der Waals surface area contributed by atoms with E-state index in [2.05, 4.69) is 34.0 Å². The number of ether oxygens (including phenoxy) is 1. The molecule has 8 nitrogen and oxygen atoms in total. The Bertz CT molecular complexity index is 1050. The first-order chi connectivity index (χ1) is 14.6. The van der Waals surface area contributed by atoms with Crippen LogP contribution in [0.3, 0.4) is 0 Å². The molecule has 1 unspecified atom stereocenters. The maximum absolute atomic E-state index is 12.9. The summed E-state index contributed by atoms with van der Waals surface area (Å²) in [6.45, 7) is 5.93. The van der Waals surface area contributed by atoms with E-state index >= 15 is 0 Å². The zero-order valence-electron chi connectivity index (χ0n) is 18.1. The Morgan fingerprint density at radius 2 is 1.87 bits per heavy atom. The van der Waals surface area contributed by atoms with Crippen molar-refractivity contribution in [3.05, 3.63) is 53.6 Å². The van der Waals surface area contributed by atoms with Crippen molar-refractivity contribution in [2.75, 3.05) is 11.2 Å². The third-order valence-corrected chi connectivity index (χ3v) is 5.75. The van der Waals surface area contributed by atoms with E-state index in [0.717, 1.165) is 24.5 Å². The minimum absolute atomic E-state index is 0.152. The van der Waals surface area contributed by atoms with Gasteiger partial charge in [-0.2, -0.15) is 4.98 Å². The molecule has 9 heteroatoms. The summed E-state index contributed by atoms with van der Waals surface area (Å²) >= 11 is 0. The van der Waals surface area contributed by atoms with Crippen molar-refractivity contribution in [1.29, 1.82) is 0 Å². The minimum atomic E-state index is -3.28. The molecule has 1 N–H and O–H groups in total. The lowest BCUT2D eigenvalue weighted by Crippen LogP contribution is -2.35. The summed E-state index contributed by atoms with van der Waals surface area (Å²) in [6.07, 6.45) is 6.06. The summed E-state index contributed by atoms with van der Waals surface area (Å²) in [5.41, 5.74) is 0.173. The Morgan fingerprint density at radius 3 is 2.48 bits per heavy atom. The predicted octanol–water partition coefficient (Wildman–Crippen LogP) is 3.32. The van der Waals surface area contributed by atoms with Crippen molar-refractivity contribution < 1.29 is 17.9 Å². The van der Waals surface area contributed by atoms with Gasteiger partial charge in [0.1, 0.15) is 11.3 Å². The molecule has 1 fully saturated rings. The standard InChI is InChI=1S/C22H28N4O4S/c1-15(12-13-31(4,28)29)24-20(27)19-14-23-22(26-16(2)10-11-17(26)3)25-21(19)30-18-8-6-5-7-9-18/h5-9,12-17H,10-11H2,1-4H3,(H,24,27)/b13-12+/t15?,16-,17+. The van der Waals surface area contributed by atoms with Crippen LogP contribution in [0.25, 0.3) is 0 Å². The fourth-order valence-electron chi connectivity index (χ4n) is 3.50. The molecule has 3 rings (SSSR count). The summed E-state index contributed by atoms with van der Waals surface area (Å²) < 4.78 is 28.6. The van der Waals surface area contributed by atoms with Gasteiger partial charge in [-0.1, -0.05) is 24.3 Å². The van der Waals surface area contributed by atoms with Crippen molar-refractivity contribution in [3.8, 4) is 11.6 Å². The van der Waals surface area contributed by atoms with Crippen LogP contribution < -0.4 is 15.0 Å². The van der Waals surface area contributed by atoms with E-state index in [1.54, 1.807) is 19.1 Å². The zero-order chi connectivity index (χ0) is 22.6. The number of para-hydroxylation sites is 1. The zero-order valence-corrected chi connectivity index (χ0v) is 19.0. The second kappa shape index (κ2) is 9.47. The summed E-state index contributed by atoms with van der Waals surface area (Å²) in [5.74, 6) is 0.767. The number of amides is 1. The Hall–Kier alpha value is -2.94. The second-order valence-electron chi connectivity index (χ2n) is 7.91. The molecule has 1 aliphatic rings. The van der Waals surface area contributed by atoms with Crippen LogP contribution in [0.1, 0.15) is 44.0 Å². The van der Waals surface area contributed by atoms with Crippen LogP contribution in [0.2, 0.25) is 0 Å². The quantitative estimate of drug-likeness (QED) is 0.699. The van der Waals surface area contributed by atoms with E-state index in [1.807, 2.05) is 18.2 Å². The number of carbonyl (C=O) groups is 1. The first kappa shape index (κ1) is 22.7. The summed E-state index contributed by atoms with van der Waals surface area (Å²) in [4.78, 5) is 24.0. The molecule has 166 valence electrons. The van der Waals surface area contributed by atoms with Crippen LogP contribution >= 0.6 is 0 Å². The van der Waals surface area contributed by atoms with Crippen molar-refractivity contribution in [2.45, 2.75) is 51.7 Å². The van der Waals surface area contributed by atoms with Crippen LogP contribution in [0.4, 0.5) is 5.95 Å². The van der Waals surface area contributed by atoms with Gasteiger partial charge in [-0.25, -0.2) is 13.4 Å². The van der Waals surface area contributed by atoms with Gasteiger partial charge in [-0.3, -0.25) is 4.79 Å². The number of hydrogen-bond acceptors (Lipinski definition) is 7. The number of anilines is 1. The lowest BCUT2D eigenvalue weighted by atomic mass is 10.2. The Balaban J connectivity index is 1.91. The third kappa shape index (κ3) is 6.04. The van der Waals surface area contributed by atoms with E-state index in [1.165, 1.54) is 12.3 Å². The minimum Gasteiger partial charge on any atom is -0.438 e. The predicted molar refractivity (Wildman–Crippen MR) is 120 cm³/mol. The highest BCUT2D eigenvalue weighted by Gasteiger charge is 2.30. The molecule has 0 bridgehead atoms.